The molecule has 0 saturated carbocycles. The Kier molecular flexibility index (Phi) is 3.57. The van der Waals surface area contributed by atoms with Crippen molar-refractivity contribution in [1.29, 1.82) is 0 Å². The molecule has 0 saturated heterocycles. The van der Waals surface area contributed by atoms with Crippen LogP contribution in [-0.4, -0.2) is 9.61 Å². The Morgan fingerprint density at radius 3 is 2.38 bits per heavy atom. The summed E-state index contributed by atoms with van der Waals surface area (Å²) in [5.74, 6) is 0. The van der Waals surface area contributed by atoms with Crippen molar-refractivity contribution >= 4 is 5.52 Å². The number of pyridine rings is 1. The maximum Gasteiger partial charge on any atom is 0.417 e. The predicted octanol–water partition coefficient (Wildman–Crippen LogP) is 3.69. The summed E-state index contributed by atoms with van der Waals surface area (Å²) in [6.45, 7) is 5.80. The van der Waals surface area contributed by atoms with Gasteiger partial charge in [-0.1, -0.05) is 13.8 Å². The molecule has 0 amide bonds. The number of nitrogens with zero attached hydrogens (tertiary/aromatic N) is 2. The van der Waals surface area contributed by atoms with Crippen molar-refractivity contribution in [1.82, 2.24) is 9.61 Å². The number of alkyl halides is 3. The van der Waals surface area contributed by atoms with Gasteiger partial charge in [0.05, 0.1) is 17.3 Å². The molecule has 5 heteroatoms. The van der Waals surface area contributed by atoms with Gasteiger partial charge in [0, 0.05) is 6.20 Å². The summed E-state index contributed by atoms with van der Waals surface area (Å²) in [6.07, 6.45) is -1.79. The lowest BCUT2D eigenvalue weighted by Gasteiger charge is -2.06. The van der Waals surface area contributed by atoms with Crippen LogP contribution in [-0.2, 0) is 6.18 Å². The number of rotatable bonds is 0. The molecule has 0 aliphatic carbocycles. The van der Waals surface area contributed by atoms with Gasteiger partial charge in [0.1, 0.15) is 0 Å². The largest absolute Gasteiger partial charge is 0.417 e. The van der Waals surface area contributed by atoms with Gasteiger partial charge in [-0.2, -0.15) is 18.3 Å². The van der Waals surface area contributed by atoms with Gasteiger partial charge in [-0.25, -0.2) is 4.52 Å². The maximum atomic E-state index is 12.3. The van der Waals surface area contributed by atoms with Crippen LogP contribution in [0.2, 0.25) is 0 Å². The normalized spacial score (nSPS) is 11.1. The summed E-state index contributed by atoms with van der Waals surface area (Å²) in [4.78, 5) is 0. The van der Waals surface area contributed by atoms with Crippen molar-refractivity contribution in [3.8, 4) is 0 Å². The first-order valence-electron chi connectivity index (χ1n) is 4.99. The standard InChI is InChI=1S/C9H7F3N2.C2H6/c1-6-4-13-14-5-7(9(10,11)12)2-3-8(6)14;1-2/h2-5H,1H3;1-2H3. The molecule has 0 radical (unpaired) electrons. The van der Waals surface area contributed by atoms with Crippen molar-refractivity contribution in [2.24, 2.45) is 0 Å². The highest BCUT2D eigenvalue weighted by Gasteiger charge is 2.30. The van der Waals surface area contributed by atoms with E-state index >= 15 is 0 Å². The second kappa shape index (κ2) is 4.55. The van der Waals surface area contributed by atoms with Crippen LogP contribution in [0.4, 0.5) is 13.2 Å². The van der Waals surface area contributed by atoms with E-state index in [1.807, 2.05) is 13.8 Å². The Morgan fingerprint density at radius 1 is 1.19 bits per heavy atom. The summed E-state index contributed by atoms with van der Waals surface area (Å²) in [5.41, 5.74) is 0.866. The molecule has 0 atom stereocenters. The SMILES string of the molecule is CC.Cc1cnn2cc(C(F)(F)F)ccc12. The first-order chi connectivity index (χ1) is 7.48. The first kappa shape index (κ1) is 12.5. The van der Waals surface area contributed by atoms with Crippen LogP contribution in [0.25, 0.3) is 5.52 Å². The van der Waals surface area contributed by atoms with Gasteiger partial charge in [0.25, 0.3) is 0 Å². The van der Waals surface area contributed by atoms with Crippen molar-refractivity contribution < 1.29 is 13.2 Å². The van der Waals surface area contributed by atoms with Gasteiger partial charge < -0.3 is 0 Å². The highest BCUT2D eigenvalue weighted by molar-refractivity contribution is 5.53. The molecule has 0 fully saturated rings. The molecule has 2 aromatic heterocycles. The highest BCUT2D eigenvalue weighted by Crippen LogP contribution is 2.29. The summed E-state index contributed by atoms with van der Waals surface area (Å²) in [7, 11) is 0. The van der Waals surface area contributed by atoms with Crippen LogP contribution in [0.1, 0.15) is 25.0 Å². The molecule has 0 bridgehead atoms. The molecular weight excluding hydrogens is 217 g/mol. The molecule has 2 aromatic rings. The zero-order chi connectivity index (χ0) is 12.3. The van der Waals surface area contributed by atoms with Gasteiger partial charge in [0.15, 0.2) is 0 Å². The van der Waals surface area contributed by atoms with E-state index in [0.717, 1.165) is 17.8 Å². The molecule has 2 heterocycles. The summed E-state index contributed by atoms with van der Waals surface area (Å²) in [5, 5.41) is 3.81. The van der Waals surface area contributed by atoms with Crippen molar-refractivity contribution in [2.45, 2.75) is 26.9 Å². The smallest absolute Gasteiger partial charge is 0.240 e. The van der Waals surface area contributed by atoms with Crippen LogP contribution in [0, 0.1) is 6.92 Å². The Labute approximate surface area is 91.7 Å². The maximum absolute atomic E-state index is 12.3. The quantitative estimate of drug-likeness (QED) is 0.674. The van der Waals surface area contributed by atoms with Gasteiger partial charge in [-0.05, 0) is 24.6 Å². The number of fused-ring (bicyclic) bond motifs is 1. The number of aryl methyl sites for hydroxylation is 1. The fourth-order valence-corrected chi connectivity index (χ4v) is 1.28. The lowest BCUT2D eigenvalue weighted by molar-refractivity contribution is -0.137. The van der Waals surface area contributed by atoms with Crippen LogP contribution < -0.4 is 0 Å². The predicted molar refractivity (Wildman–Crippen MR) is 56.3 cm³/mol. The third-order valence-electron chi connectivity index (χ3n) is 2.04. The zero-order valence-electron chi connectivity index (χ0n) is 9.34. The monoisotopic (exact) mass is 230 g/mol. The number of hydrogen-bond acceptors (Lipinski definition) is 1. The van der Waals surface area contributed by atoms with E-state index in [1.165, 1.54) is 16.8 Å². The van der Waals surface area contributed by atoms with E-state index in [4.69, 9.17) is 0 Å². The van der Waals surface area contributed by atoms with E-state index in [-0.39, 0.29) is 0 Å². The minimum Gasteiger partial charge on any atom is -0.240 e. The second-order valence-corrected chi connectivity index (χ2v) is 3.07. The van der Waals surface area contributed by atoms with Crippen LogP contribution in [0.15, 0.2) is 24.5 Å². The Bertz CT molecular complexity index is 472. The summed E-state index contributed by atoms with van der Waals surface area (Å²) in [6, 6.07) is 2.48. The Balaban J connectivity index is 0.000000606. The fraction of sp³-hybridized carbons (Fsp3) is 0.364. The minimum atomic E-state index is -4.31. The van der Waals surface area contributed by atoms with Gasteiger partial charge in [-0.15, -0.1) is 0 Å². The molecule has 88 valence electrons. The van der Waals surface area contributed by atoms with Crippen LogP contribution in [0.5, 0.6) is 0 Å². The molecule has 0 unspecified atom stereocenters. The van der Waals surface area contributed by atoms with E-state index in [2.05, 4.69) is 5.10 Å². The molecule has 2 nitrogen and oxygen atoms in total. The van der Waals surface area contributed by atoms with Crippen molar-refractivity contribution in [3.63, 3.8) is 0 Å². The lowest BCUT2D eigenvalue weighted by atomic mass is 10.2. The van der Waals surface area contributed by atoms with Gasteiger partial charge >= 0.3 is 6.18 Å². The number of aromatic nitrogens is 2. The van der Waals surface area contributed by atoms with E-state index in [1.54, 1.807) is 6.92 Å². The average molecular weight is 230 g/mol. The number of halogens is 3. The topological polar surface area (TPSA) is 17.3 Å². The van der Waals surface area contributed by atoms with E-state index < -0.39 is 11.7 Å². The van der Waals surface area contributed by atoms with E-state index in [9.17, 15) is 13.2 Å². The third-order valence-corrected chi connectivity index (χ3v) is 2.04. The van der Waals surface area contributed by atoms with Crippen molar-refractivity contribution in [3.05, 3.63) is 35.7 Å². The molecule has 0 spiro atoms. The highest BCUT2D eigenvalue weighted by atomic mass is 19.4. The van der Waals surface area contributed by atoms with E-state index in [0.29, 0.717) is 5.52 Å². The average Bonchev–Trinajstić information content (AvgIpc) is 2.62. The summed E-state index contributed by atoms with van der Waals surface area (Å²) >= 11 is 0. The van der Waals surface area contributed by atoms with Gasteiger partial charge in [0.2, 0.25) is 0 Å². The molecule has 0 N–H and O–H groups in total. The number of hydrogen-bond donors (Lipinski definition) is 0. The molecule has 0 aliphatic rings. The fourth-order valence-electron chi connectivity index (χ4n) is 1.28. The third kappa shape index (κ3) is 2.35. The Morgan fingerprint density at radius 2 is 1.81 bits per heavy atom. The molecular formula is C11H13F3N2. The zero-order valence-corrected chi connectivity index (χ0v) is 9.34. The first-order valence-corrected chi connectivity index (χ1v) is 4.99. The minimum absolute atomic E-state index is 0.687. The van der Waals surface area contributed by atoms with Crippen LogP contribution in [0.3, 0.4) is 0 Å². The summed E-state index contributed by atoms with van der Waals surface area (Å²) < 4.78 is 38.1. The molecule has 2 rings (SSSR count). The molecule has 0 aliphatic heterocycles. The Hall–Kier alpha value is -1.52. The van der Waals surface area contributed by atoms with Crippen molar-refractivity contribution in [2.75, 3.05) is 0 Å². The van der Waals surface area contributed by atoms with Gasteiger partial charge in [-0.3, -0.25) is 0 Å². The van der Waals surface area contributed by atoms with Crippen LogP contribution >= 0.6 is 0 Å². The molecule has 16 heavy (non-hydrogen) atoms. The molecule has 0 aromatic carbocycles. The lowest BCUT2D eigenvalue weighted by Crippen LogP contribution is -2.06. The second-order valence-electron chi connectivity index (χ2n) is 3.07.